The molecule has 0 bridgehead atoms. The van der Waals surface area contributed by atoms with E-state index in [0.717, 1.165) is 4.68 Å². The molecule has 16 heavy (non-hydrogen) atoms. The predicted molar refractivity (Wildman–Crippen MR) is 54.5 cm³/mol. The minimum atomic E-state index is -3.37. The Morgan fingerprint density at radius 3 is 3.00 bits per heavy atom. The molecule has 0 saturated heterocycles. The van der Waals surface area contributed by atoms with Crippen molar-refractivity contribution >= 4 is 17.4 Å². The number of hydrogen-bond donors (Lipinski definition) is 1. The topological polar surface area (TPSA) is 53.6 Å². The summed E-state index contributed by atoms with van der Waals surface area (Å²) in [7, 11) is 0. The summed E-state index contributed by atoms with van der Waals surface area (Å²) in [5.74, 6) is 0.312. The number of halogens is 3. The first-order chi connectivity index (χ1) is 7.43. The van der Waals surface area contributed by atoms with Gasteiger partial charge in [0.1, 0.15) is 23.5 Å². The third-order valence-electron chi connectivity index (χ3n) is 2.55. The first-order valence-corrected chi connectivity index (χ1v) is 5.12. The van der Waals surface area contributed by atoms with Gasteiger partial charge < -0.3 is 5.32 Å². The van der Waals surface area contributed by atoms with Crippen LogP contribution < -0.4 is 5.32 Å². The van der Waals surface area contributed by atoms with Crippen LogP contribution >= 0.6 is 11.6 Å². The molecule has 0 aromatic carbocycles. The standard InChI is InChI=1S/C9H9ClF2N4/c1-5-2-7(9(10,11)12)16-8(15-5)6(3-13)4-14-16/h4-5,7,15H,2H2,1H3/t5-,7+/m0/s1. The molecule has 86 valence electrons. The van der Waals surface area contributed by atoms with Crippen molar-refractivity contribution in [2.75, 3.05) is 5.32 Å². The van der Waals surface area contributed by atoms with Crippen LogP contribution in [0.3, 0.4) is 0 Å². The number of alkyl halides is 3. The first-order valence-electron chi connectivity index (χ1n) is 4.74. The zero-order chi connectivity index (χ0) is 11.9. The number of hydrogen-bond acceptors (Lipinski definition) is 3. The van der Waals surface area contributed by atoms with Crippen molar-refractivity contribution in [1.29, 1.82) is 5.26 Å². The molecule has 0 saturated carbocycles. The van der Waals surface area contributed by atoms with E-state index in [-0.39, 0.29) is 18.0 Å². The molecule has 0 amide bonds. The van der Waals surface area contributed by atoms with Crippen molar-refractivity contribution in [2.24, 2.45) is 0 Å². The quantitative estimate of drug-likeness (QED) is 0.774. The lowest BCUT2D eigenvalue weighted by Gasteiger charge is -2.32. The SMILES string of the molecule is C[C@H]1C[C@H](C(F)(F)Cl)n2ncc(C#N)c2N1. The largest absolute Gasteiger partial charge is 0.367 e. The zero-order valence-corrected chi connectivity index (χ0v) is 9.17. The fourth-order valence-electron chi connectivity index (χ4n) is 1.82. The minimum Gasteiger partial charge on any atom is -0.367 e. The number of nitrogens with one attached hydrogen (secondary N) is 1. The van der Waals surface area contributed by atoms with Crippen molar-refractivity contribution in [2.45, 2.75) is 30.8 Å². The summed E-state index contributed by atoms with van der Waals surface area (Å²) in [6.45, 7) is 1.76. The summed E-state index contributed by atoms with van der Waals surface area (Å²) in [4.78, 5) is 0. The molecule has 2 rings (SSSR count). The lowest BCUT2D eigenvalue weighted by molar-refractivity contribution is 0.0214. The van der Waals surface area contributed by atoms with Gasteiger partial charge in [-0.3, -0.25) is 0 Å². The van der Waals surface area contributed by atoms with Gasteiger partial charge in [-0.15, -0.1) is 0 Å². The Morgan fingerprint density at radius 2 is 2.44 bits per heavy atom. The highest BCUT2D eigenvalue weighted by Crippen LogP contribution is 2.41. The van der Waals surface area contributed by atoms with Crippen molar-refractivity contribution in [1.82, 2.24) is 9.78 Å². The van der Waals surface area contributed by atoms with Gasteiger partial charge >= 0.3 is 5.38 Å². The Bertz CT molecular complexity index is 445. The van der Waals surface area contributed by atoms with Crippen LogP contribution in [0.25, 0.3) is 0 Å². The van der Waals surface area contributed by atoms with Crippen molar-refractivity contribution < 1.29 is 8.78 Å². The summed E-state index contributed by atoms with van der Waals surface area (Å²) in [5, 5.41) is 12.1. The fraction of sp³-hybridized carbons (Fsp3) is 0.556. The minimum absolute atomic E-state index is 0.163. The molecule has 2 heterocycles. The van der Waals surface area contributed by atoms with Gasteiger partial charge in [0.15, 0.2) is 0 Å². The smallest absolute Gasteiger partial charge is 0.343 e. The Morgan fingerprint density at radius 1 is 1.75 bits per heavy atom. The lowest BCUT2D eigenvalue weighted by Crippen LogP contribution is -2.37. The van der Waals surface area contributed by atoms with E-state index in [9.17, 15) is 8.78 Å². The third kappa shape index (κ3) is 1.71. The Balaban J connectivity index is 2.48. The van der Waals surface area contributed by atoms with Gasteiger partial charge in [0.25, 0.3) is 0 Å². The highest BCUT2D eigenvalue weighted by Gasteiger charge is 2.43. The second kappa shape index (κ2) is 3.59. The van der Waals surface area contributed by atoms with Crippen LogP contribution in [-0.4, -0.2) is 21.2 Å². The molecule has 0 aliphatic carbocycles. The second-order valence-electron chi connectivity index (χ2n) is 3.80. The molecule has 0 radical (unpaired) electrons. The monoisotopic (exact) mass is 246 g/mol. The highest BCUT2D eigenvalue weighted by molar-refractivity contribution is 6.22. The van der Waals surface area contributed by atoms with Crippen LogP contribution in [0, 0.1) is 11.3 Å². The molecule has 1 N–H and O–H groups in total. The van der Waals surface area contributed by atoms with E-state index in [1.807, 2.05) is 6.07 Å². The first kappa shape index (κ1) is 11.1. The molecule has 1 aliphatic heterocycles. The maximum atomic E-state index is 13.2. The molecule has 2 atom stereocenters. The molecule has 1 aromatic rings. The van der Waals surface area contributed by atoms with Gasteiger partial charge in [0.2, 0.25) is 0 Å². The number of fused-ring (bicyclic) bond motifs is 1. The Hall–Kier alpha value is -1.35. The van der Waals surface area contributed by atoms with E-state index in [0.29, 0.717) is 5.82 Å². The van der Waals surface area contributed by atoms with Crippen LogP contribution in [0.4, 0.5) is 14.6 Å². The van der Waals surface area contributed by atoms with E-state index in [2.05, 4.69) is 10.4 Å². The number of nitrogens with zero attached hydrogens (tertiary/aromatic N) is 3. The summed E-state index contributed by atoms with van der Waals surface area (Å²) >= 11 is 5.05. The molecular formula is C9H9ClF2N4. The predicted octanol–water partition coefficient (Wildman–Crippen LogP) is 2.33. The summed E-state index contributed by atoms with van der Waals surface area (Å²) in [6, 6.07) is 0.499. The van der Waals surface area contributed by atoms with Gasteiger partial charge in [0.05, 0.1) is 6.20 Å². The van der Waals surface area contributed by atoms with E-state index in [1.54, 1.807) is 6.92 Å². The van der Waals surface area contributed by atoms with Crippen molar-refractivity contribution in [3.05, 3.63) is 11.8 Å². The Kier molecular flexibility index (Phi) is 2.50. The molecule has 7 heteroatoms. The van der Waals surface area contributed by atoms with Crippen molar-refractivity contribution in [3.63, 3.8) is 0 Å². The van der Waals surface area contributed by atoms with E-state index in [4.69, 9.17) is 16.9 Å². The molecule has 0 spiro atoms. The fourth-order valence-corrected chi connectivity index (χ4v) is 2.01. The van der Waals surface area contributed by atoms with Crippen LogP contribution in [0.5, 0.6) is 0 Å². The van der Waals surface area contributed by atoms with Crippen molar-refractivity contribution in [3.8, 4) is 6.07 Å². The lowest BCUT2D eigenvalue weighted by atomic mass is 10.1. The van der Waals surface area contributed by atoms with Gasteiger partial charge in [-0.05, 0) is 24.9 Å². The summed E-state index contributed by atoms with van der Waals surface area (Å²) in [5.41, 5.74) is 0.248. The average molecular weight is 247 g/mol. The van der Waals surface area contributed by atoms with Gasteiger partial charge in [-0.1, -0.05) is 0 Å². The van der Waals surface area contributed by atoms with Crippen LogP contribution in [0.15, 0.2) is 6.20 Å². The summed E-state index contributed by atoms with van der Waals surface area (Å²) in [6.07, 6.45) is 1.42. The number of rotatable bonds is 1. The summed E-state index contributed by atoms with van der Waals surface area (Å²) < 4.78 is 27.4. The number of aromatic nitrogens is 2. The van der Waals surface area contributed by atoms with Gasteiger partial charge in [-0.25, -0.2) is 4.68 Å². The average Bonchev–Trinajstić information content (AvgIpc) is 2.57. The van der Waals surface area contributed by atoms with Crippen LogP contribution in [0.1, 0.15) is 24.9 Å². The second-order valence-corrected chi connectivity index (χ2v) is 4.31. The zero-order valence-electron chi connectivity index (χ0n) is 8.41. The molecule has 1 aliphatic rings. The number of anilines is 1. The highest BCUT2D eigenvalue weighted by atomic mass is 35.5. The van der Waals surface area contributed by atoms with E-state index in [1.165, 1.54) is 6.20 Å². The van der Waals surface area contributed by atoms with Crippen LogP contribution in [0.2, 0.25) is 0 Å². The third-order valence-corrected chi connectivity index (χ3v) is 2.80. The molecule has 0 fully saturated rings. The molecular weight excluding hydrogens is 238 g/mol. The van der Waals surface area contributed by atoms with Gasteiger partial charge in [0, 0.05) is 6.04 Å². The van der Waals surface area contributed by atoms with Crippen LogP contribution in [-0.2, 0) is 0 Å². The van der Waals surface area contributed by atoms with E-state index < -0.39 is 11.4 Å². The molecule has 4 nitrogen and oxygen atoms in total. The maximum Gasteiger partial charge on any atom is 0.343 e. The molecule has 0 unspecified atom stereocenters. The maximum absolute atomic E-state index is 13.2. The Labute approximate surface area is 95.8 Å². The normalized spacial score (nSPS) is 24.4. The van der Waals surface area contributed by atoms with E-state index >= 15 is 0 Å². The van der Waals surface area contributed by atoms with Gasteiger partial charge in [-0.2, -0.15) is 19.1 Å². The number of nitriles is 1. The molecule has 1 aromatic heterocycles.